The summed E-state index contributed by atoms with van der Waals surface area (Å²) in [5.41, 5.74) is 14.2. The van der Waals surface area contributed by atoms with Gasteiger partial charge in [-0.3, -0.25) is 0 Å². The van der Waals surface area contributed by atoms with Crippen molar-refractivity contribution in [2.75, 3.05) is 4.90 Å². The van der Waals surface area contributed by atoms with Crippen molar-refractivity contribution in [3.63, 3.8) is 0 Å². The highest BCUT2D eigenvalue weighted by atomic mass is 15.1. The van der Waals surface area contributed by atoms with E-state index >= 15 is 0 Å². The summed E-state index contributed by atoms with van der Waals surface area (Å²) >= 11 is 0. The van der Waals surface area contributed by atoms with E-state index in [4.69, 9.17) is 0 Å². The second kappa shape index (κ2) is 12.4. The molecule has 7 aromatic carbocycles. The van der Waals surface area contributed by atoms with E-state index < -0.39 is 0 Å². The third kappa shape index (κ3) is 5.10. The monoisotopic (exact) mass is 668 g/mol. The summed E-state index contributed by atoms with van der Waals surface area (Å²) in [6, 6.07) is 59.2. The maximum Gasteiger partial charge on any atom is 0.0562 e. The first-order valence-electron chi connectivity index (χ1n) is 18.1. The number of hydrogen-bond donors (Lipinski definition) is 0. The molecule has 2 heteroatoms. The van der Waals surface area contributed by atoms with Gasteiger partial charge in [0, 0.05) is 33.2 Å². The predicted molar refractivity (Wildman–Crippen MR) is 223 cm³/mol. The van der Waals surface area contributed by atoms with Crippen LogP contribution in [0.5, 0.6) is 0 Å². The van der Waals surface area contributed by atoms with E-state index in [1.807, 2.05) is 0 Å². The number of aromatic nitrogens is 1. The van der Waals surface area contributed by atoms with Crippen LogP contribution in [0.15, 0.2) is 188 Å². The van der Waals surface area contributed by atoms with E-state index in [1.165, 1.54) is 60.4 Å². The van der Waals surface area contributed by atoms with Gasteiger partial charge in [-0.25, -0.2) is 0 Å². The number of nitrogens with zero attached hydrogens (tertiary/aromatic N) is 2. The first-order chi connectivity index (χ1) is 25.4. The van der Waals surface area contributed by atoms with E-state index in [1.54, 1.807) is 0 Å². The minimum Gasteiger partial charge on any atom is -0.310 e. The van der Waals surface area contributed by atoms with Crippen LogP contribution in [0.25, 0.3) is 49.4 Å². The molecule has 1 heterocycles. The highest BCUT2D eigenvalue weighted by Gasteiger charge is 2.36. The van der Waals surface area contributed by atoms with Gasteiger partial charge in [0.25, 0.3) is 0 Å². The first-order valence-corrected chi connectivity index (χ1v) is 18.1. The molecule has 0 saturated carbocycles. The summed E-state index contributed by atoms with van der Waals surface area (Å²) in [4.78, 5) is 2.42. The summed E-state index contributed by atoms with van der Waals surface area (Å²) in [6.45, 7) is 11.3. The molecule has 1 aliphatic rings. The van der Waals surface area contributed by atoms with Crippen LogP contribution in [0.2, 0.25) is 0 Å². The minimum atomic E-state index is -0.0840. The summed E-state index contributed by atoms with van der Waals surface area (Å²) < 4.78 is 2.39. The first kappa shape index (κ1) is 31.6. The molecule has 1 aromatic heterocycles. The van der Waals surface area contributed by atoms with Crippen LogP contribution < -0.4 is 4.90 Å². The number of fused-ring (bicyclic) bond motifs is 5. The smallest absolute Gasteiger partial charge is 0.0562 e. The van der Waals surface area contributed by atoms with Gasteiger partial charge < -0.3 is 9.47 Å². The molecule has 0 saturated heterocycles. The van der Waals surface area contributed by atoms with Gasteiger partial charge in [-0.15, -0.1) is 0 Å². The summed E-state index contributed by atoms with van der Waals surface area (Å²) in [6.07, 6.45) is 4.53. The lowest BCUT2D eigenvalue weighted by Crippen LogP contribution is -2.14. The lowest BCUT2D eigenvalue weighted by atomic mass is 9.82. The van der Waals surface area contributed by atoms with Crippen molar-refractivity contribution < 1.29 is 0 Å². The second-order valence-electron chi connectivity index (χ2n) is 14.4. The Labute approximate surface area is 305 Å². The van der Waals surface area contributed by atoms with Crippen molar-refractivity contribution in [3.05, 3.63) is 205 Å². The zero-order chi connectivity index (χ0) is 35.4. The van der Waals surface area contributed by atoms with Gasteiger partial charge in [-0.1, -0.05) is 142 Å². The van der Waals surface area contributed by atoms with Crippen molar-refractivity contribution in [1.82, 2.24) is 4.57 Å². The van der Waals surface area contributed by atoms with Gasteiger partial charge in [0.1, 0.15) is 0 Å². The fourth-order valence-electron chi connectivity index (χ4n) is 8.23. The van der Waals surface area contributed by atoms with E-state index in [0.717, 1.165) is 28.3 Å². The van der Waals surface area contributed by atoms with Crippen LogP contribution in [0.4, 0.5) is 17.1 Å². The molecule has 0 atom stereocenters. The largest absolute Gasteiger partial charge is 0.310 e. The van der Waals surface area contributed by atoms with Crippen molar-refractivity contribution >= 4 is 60.8 Å². The molecule has 8 aromatic rings. The minimum absolute atomic E-state index is 0.0840. The Morgan fingerprint density at radius 3 is 2.12 bits per heavy atom. The summed E-state index contributed by atoms with van der Waals surface area (Å²) in [7, 11) is 0. The zero-order valence-corrected chi connectivity index (χ0v) is 29.8. The second-order valence-corrected chi connectivity index (χ2v) is 14.4. The van der Waals surface area contributed by atoms with E-state index in [0.29, 0.717) is 0 Å². The molecule has 2 nitrogen and oxygen atoms in total. The Balaban J connectivity index is 1.18. The van der Waals surface area contributed by atoms with Crippen LogP contribution in [0.3, 0.4) is 0 Å². The number of benzene rings is 7. The molecule has 250 valence electrons. The Morgan fingerprint density at radius 2 is 1.31 bits per heavy atom. The van der Waals surface area contributed by atoms with E-state index in [2.05, 4.69) is 213 Å². The molecule has 0 amide bonds. The lowest BCUT2D eigenvalue weighted by molar-refractivity contribution is 0.661. The Kier molecular flexibility index (Phi) is 7.56. The van der Waals surface area contributed by atoms with Gasteiger partial charge in [0.05, 0.1) is 16.7 Å². The zero-order valence-electron chi connectivity index (χ0n) is 29.8. The van der Waals surface area contributed by atoms with Gasteiger partial charge in [-0.05, 0) is 106 Å². The molecule has 0 spiro atoms. The number of para-hydroxylation sites is 2. The number of anilines is 3. The van der Waals surface area contributed by atoms with E-state index in [-0.39, 0.29) is 5.41 Å². The summed E-state index contributed by atoms with van der Waals surface area (Å²) in [5.74, 6) is 0. The number of hydrogen-bond acceptors (Lipinski definition) is 1. The van der Waals surface area contributed by atoms with Gasteiger partial charge >= 0.3 is 0 Å². The molecular formula is C50H40N2. The van der Waals surface area contributed by atoms with Gasteiger partial charge in [-0.2, -0.15) is 0 Å². The highest BCUT2D eigenvalue weighted by Crippen LogP contribution is 2.49. The molecule has 0 aliphatic heterocycles. The Bertz CT molecular complexity index is 2720. The average molecular weight is 669 g/mol. The van der Waals surface area contributed by atoms with Crippen molar-refractivity contribution in [3.8, 4) is 5.69 Å². The fraction of sp³-hybridized carbons (Fsp3) is 0.0800. The van der Waals surface area contributed by atoms with E-state index in [9.17, 15) is 0 Å². The third-order valence-electron chi connectivity index (χ3n) is 10.9. The third-order valence-corrected chi connectivity index (χ3v) is 10.9. The summed E-state index contributed by atoms with van der Waals surface area (Å²) in [5, 5.41) is 4.89. The molecule has 0 N–H and O–H groups in total. The highest BCUT2D eigenvalue weighted by molar-refractivity contribution is 6.16. The van der Waals surface area contributed by atoms with Crippen LogP contribution in [0, 0.1) is 0 Å². The maximum absolute atomic E-state index is 4.49. The molecule has 9 rings (SSSR count). The fourth-order valence-corrected chi connectivity index (χ4v) is 8.23. The SMILES string of the molecule is C=C1/C(=C\C=C(/C)c2ccc(N(c3ccc4ccccc4c3)c3cccc4c3c3ccccc3n4-c3ccccc3)cc2)C(C)(C)c2ccccc21. The molecule has 0 fully saturated rings. The van der Waals surface area contributed by atoms with Crippen molar-refractivity contribution in [1.29, 1.82) is 0 Å². The maximum atomic E-state index is 4.49. The van der Waals surface area contributed by atoms with Crippen LogP contribution in [-0.4, -0.2) is 4.57 Å². The predicted octanol–water partition coefficient (Wildman–Crippen LogP) is 13.7. The topological polar surface area (TPSA) is 8.17 Å². The van der Waals surface area contributed by atoms with Crippen LogP contribution in [-0.2, 0) is 5.41 Å². The number of rotatable bonds is 6. The number of allylic oxidation sites excluding steroid dienone is 5. The van der Waals surface area contributed by atoms with Gasteiger partial charge in [0.2, 0.25) is 0 Å². The molecule has 52 heavy (non-hydrogen) atoms. The average Bonchev–Trinajstić information content (AvgIpc) is 3.62. The molecule has 1 aliphatic carbocycles. The quantitative estimate of drug-likeness (QED) is 0.171. The molecule has 0 radical (unpaired) electrons. The standard InChI is InChI=1S/C50H40N2/c1-34(25-32-44-35(2)42-19-10-12-21-45(42)50(44,3)4)36-26-29-40(30-27-36)51(41-31-28-37-15-8-9-16-38(37)33-41)47-23-14-24-48-49(47)43-20-11-13-22-46(43)52(48)39-17-6-5-7-18-39/h5-33H,2H2,1,3-4H3/b34-25+,44-32+. The molecular weight excluding hydrogens is 629 g/mol. The van der Waals surface area contributed by atoms with Crippen LogP contribution >= 0.6 is 0 Å². The lowest BCUT2D eigenvalue weighted by Gasteiger charge is -2.27. The van der Waals surface area contributed by atoms with Gasteiger partial charge in [0.15, 0.2) is 0 Å². The molecule has 0 bridgehead atoms. The van der Waals surface area contributed by atoms with Crippen molar-refractivity contribution in [2.24, 2.45) is 0 Å². The van der Waals surface area contributed by atoms with Crippen LogP contribution in [0.1, 0.15) is 37.5 Å². The Morgan fingerprint density at radius 1 is 0.635 bits per heavy atom. The Hall–Kier alpha value is -6.38. The normalized spacial score (nSPS) is 14.8. The molecule has 0 unspecified atom stereocenters. The van der Waals surface area contributed by atoms with Crippen molar-refractivity contribution in [2.45, 2.75) is 26.2 Å².